The van der Waals surface area contributed by atoms with Gasteiger partial charge < -0.3 is 11.1 Å². The van der Waals surface area contributed by atoms with Crippen LogP contribution in [0, 0.1) is 0 Å². The van der Waals surface area contributed by atoms with Crippen LogP contribution in [0.5, 0.6) is 0 Å². The highest BCUT2D eigenvalue weighted by atomic mass is 16.1. The molecule has 100 valence electrons. The summed E-state index contributed by atoms with van der Waals surface area (Å²) in [6.07, 6.45) is 1.75. The van der Waals surface area contributed by atoms with Crippen LogP contribution in [0.3, 0.4) is 0 Å². The molecule has 0 radical (unpaired) electrons. The van der Waals surface area contributed by atoms with E-state index in [4.69, 9.17) is 5.73 Å². The van der Waals surface area contributed by atoms with Crippen molar-refractivity contribution in [2.24, 2.45) is 7.05 Å². The average Bonchev–Trinajstić information content (AvgIpc) is 2.84. The zero-order valence-electron chi connectivity index (χ0n) is 10.9. The Kier molecular flexibility index (Phi) is 2.83. The number of benzene rings is 1. The molecule has 6 heteroatoms. The van der Waals surface area contributed by atoms with Crippen LogP contribution in [-0.2, 0) is 7.05 Å². The normalized spacial score (nSPS) is 10.7. The molecular weight excluding hydrogens is 254 g/mol. The minimum atomic E-state index is -0.332. The van der Waals surface area contributed by atoms with E-state index in [2.05, 4.69) is 15.4 Å². The van der Waals surface area contributed by atoms with Gasteiger partial charge in [0.2, 0.25) is 0 Å². The fourth-order valence-electron chi connectivity index (χ4n) is 1.98. The molecule has 2 aromatic heterocycles. The number of nitrogens with two attached hydrogens (primary N) is 1. The molecule has 0 aliphatic carbocycles. The van der Waals surface area contributed by atoms with Crippen LogP contribution in [0.25, 0.3) is 10.9 Å². The van der Waals surface area contributed by atoms with Gasteiger partial charge in [-0.25, -0.2) is 4.98 Å². The Morgan fingerprint density at radius 3 is 2.85 bits per heavy atom. The van der Waals surface area contributed by atoms with Crippen LogP contribution in [0.1, 0.15) is 10.5 Å². The lowest BCUT2D eigenvalue weighted by Gasteiger charge is -2.06. The van der Waals surface area contributed by atoms with E-state index in [9.17, 15) is 4.79 Å². The molecule has 1 amide bonds. The second-order valence-electron chi connectivity index (χ2n) is 4.44. The van der Waals surface area contributed by atoms with Crippen molar-refractivity contribution in [3.8, 4) is 0 Å². The molecule has 3 N–H and O–H groups in total. The molecule has 0 fully saturated rings. The number of rotatable bonds is 2. The maximum atomic E-state index is 12.1. The third kappa shape index (κ3) is 2.18. The molecule has 20 heavy (non-hydrogen) atoms. The lowest BCUT2D eigenvalue weighted by atomic mass is 10.1. The van der Waals surface area contributed by atoms with Gasteiger partial charge in [-0.3, -0.25) is 9.48 Å². The number of carbonyl (C=O) groups is 1. The zero-order valence-corrected chi connectivity index (χ0v) is 10.9. The van der Waals surface area contributed by atoms with Crippen molar-refractivity contribution in [1.82, 2.24) is 14.8 Å². The number of carbonyl (C=O) groups excluding carboxylic acids is 1. The molecule has 0 atom stereocenters. The number of anilines is 2. The standard InChI is InChI=1S/C14H13N5O/c1-19-7-6-13(18-19)17-14(20)12-8-10(15)9-4-2-3-5-11(9)16-12/h2-8H,1H3,(H2,15,16)(H,17,18,20). The number of nitrogen functional groups attached to an aromatic ring is 1. The van der Waals surface area contributed by atoms with Crippen LogP contribution in [0.4, 0.5) is 11.5 Å². The van der Waals surface area contributed by atoms with Crippen molar-refractivity contribution in [3.05, 3.63) is 48.3 Å². The van der Waals surface area contributed by atoms with Crippen molar-refractivity contribution in [2.75, 3.05) is 11.1 Å². The Hall–Kier alpha value is -2.89. The number of fused-ring (bicyclic) bond motifs is 1. The summed E-state index contributed by atoms with van der Waals surface area (Å²) in [5, 5.41) is 7.60. The van der Waals surface area contributed by atoms with Crippen molar-refractivity contribution in [1.29, 1.82) is 0 Å². The minimum Gasteiger partial charge on any atom is -0.398 e. The van der Waals surface area contributed by atoms with E-state index in [-0.39, 0.29) is 11.6 Å². The van der Waals surface area contributed by atoms with Gasteiger partial charge in [-0.15, -0.1) is 0 Å². The number of aryl methyl sites for hydroxylation is 1. The molecule has 0 bridgehead atoms. The first-order chi connectivity index (χ1) is 9.63. The minimum absolute atomic E-state index is 0.270. The van der Waals surface area contributed by atoms with Gasteiger partial charge >= 0.3 is 0 Å². The molecule has 0 aliphatic rings. The Bertz CT molecular complexity index is 793. The van der Waals surface area contributed by atoms with Crippen molar-refractivity contribution < 1.29 is 4.79 Å². The Balaban J connectivity index is 1.95. The van der Waals surface area contributed by atoms with Gasteiger partial charge in [0.25, 0.3) is 5.91 Å². The predicted molar refractivity (Wildman–Crippen MR) is 77.3 cm³/mol. The quantitative estimate of drug-likeness (QED) is 0.741. The summed E-state index contributed by atoms with van der Waals surface area (Å²) in [4.78, 5) is 16.5. The molecule has 2 heterocycles. The highest BCUT2D eigenvalue weighted by molar-refractivity contribution is 6.05. The summed E-state index contributed by atoms with van der Waals surface area (Å²) in [6, 6.07) is 10.7. The molecule has 6 nitrogen and oxygen atoms in total. The number of pyridine rings is 1. The Morgan fingerprint density at radius 2 is 2.10 bits per heavy atom. The fourth-order valence-corrected chi connectivity index (χ4v) is 1.98. The number of nitrogens with one attached hydrogen (secondary N) is 1. The van der Waals surface area contributed by atoms with Crippen LogP contribution in [0.2, 0.25) is 0 Å². The highest BCUT2D eigenvalue weighted by Crippen LogP contribution is 2.20. The van der Waals surface area contributed by atoms with E-state index in [1.807, 2.05) is 24.3 Å². The zero-order chi connectivity index (χ0) is 14.1. The predicted octanol–water partition coefficient (Wildman–Crippen LogP) is 1.80. The van der Waals surface area contributed by atoms with Gasteiger partial charge in [0.1, 0.15) is 5.69 Å². The fraction of sp³-hybridized carbons (Fsp3) is 0.0714. The van der Waals surface area contributed by atoms with Gasteiger partial charge in [0, 0.05) is 30.4 Å². The highest BCUT2D eigenvalue weighted by Gasteiger charge is 2.12. The summed E-state index contributed by atoms with van der Waals surface area (Å²) in [6.45, 7) is 0. The van der Waals surface area contributed by atoms with Crippen molar-refractivity contribution in [2.45, 2.75) is 0 Å². The molecule has 0 saturated carbocycles. The molecule has 0 spiro atoms. The summed E-state index contributed by atoms with van der Waals surface area (Å²) < 4.78 is 1.61. The first-order valence-electron chi connectivity index (χ1n) is 6.10. The summed E-state index contributed by atoms with van der Waals surface area (Å²) >= 11 is 0. The summed E-state index contributed by atoms with van der Waals surface area (Å²) in [5.74, 6) is 0.146. The molecule has 3 aromatic rings. The maximum absolute atomic E-state index is 12.1. The van der Waals surface area contributed by atoms with E-state index in [1.165, 1.54) is 0 Å². The van der Waals surface area contributed by atoms with Crippen LogP contribution in [-0.4, -0.2) is 20.7 Å². The van der Waals surface area contributed by atoms with Crippen LogP contribution in [0.15, 0.2) is 42.6 Å². The number of amides is 1. The Morgan fingerprint density at radius 1 is 1.30 bits per heavy atom. The second kappa shape index (κ2) is 4.65. The molecule has 1 aromatic carbocycles. The summed E-state index contributed by atoms with van der Waals surface area (Å²) in [7, 11) is 1.78. The number of hydrogen-bond donors (Lipinski definition) is 2. The Labute approximate surface area is 115 Å². The van der Waals surface area contributed by atoms with Gasteiger partial charge in [-0.05, 0) is 12.1 Å². The van der Waals surface area contributed by atoms with E-state index >= 15 is 0 Å². The third-order valence-corrected chi connectivity index (χ3v) is 2.94. The number of aromatic nitrogens is 3. The molecule has 0 aliphatic heterocycles. The van der Waals surface area contributed by atoms with E-state index in [0.29, 0.717) is 17.0 Å². The van der Waals surface area contributed by atoms with Crippen LogP contribution >= 0.6 is 0 Å². The SMILES string of the molecule is Cn1ccc(NC(=O)c2cc(N)c3ccccc3n2)n1. The van der Waals surface area contributed by atoms with Gasteiger partial charge in [-0.2, -0.15) is 5.10 Å². The smallest absolute Gasteiger partial charge is 0.275 e. The summed E-state index contributed by atoms with van der Waals surface area (Å²) in [5.41, 5.74) is 7.45. The van der Waals surface area contributed by atoms with Gasteiger partial charge in [0.05, 0.1) is 5.52 Å². The first kappa shape index (κ1) is 12.2. The average molecular weight is 267 g/mol. The monoisotopic (exact) mass is 267 g/mol. The molecule has 3 rings (SSSR count). The first-order valence-corrected chi connectivity index (χ1v) is 6.10. The van der Waals surface area contributed by atoms with E-state index in [1.54, 1.807) is 30.1 Å². The second-order valence-corrected chi connectivity index (χ2v) is 4.44. The topological polar surface area (TPSA) is 85.8 Å². The van der Waals surface area contributed by atoms with Crippen molar-refractivity contribution in [3.63, 3.8) is 0 Å². The third-order valence-electron chi connectivity index (χ3n) is 2.94. The molecule has 0 unspecified atom stereocenters. The number of nitrogens with zero attached hydrogens (tertiary/aromatic N) is 3. The van der Waals surface area contributed by atoms with Crippen LogP contribution < -0.4 is 11.1 Å². The molecule has 0 saturated heterocycles. The lowest BCUT2D eigenvalue weighted by molar-refractivity contribution is 0.102. The van der Waals surface area contributed by atoms with Gasteiger partial charge in [0.15, 0.2) is 5.82 Å². The molecular formula is C14H13N5O. The van der Waals surface area contributed by atoms with Crippen molar-refractivity contribution >= 4 is 28.3 Å². The van der Waals surface area contributed by atoms with Gasteiger partial charge in [-0.1, -0.05) is 18.2 Å². The number of hydrogen-bond acceptors (Lipinski definition) is 4. The largest absolute Gasteiger partial charge is 0.398 e. The lowest BCUT2D eigenvalue weighted by Crippen LogP contribution is -2.14. The maximum Gasteiger partial charge on any atom is 0.275 e. The van der Waals surface area contributed by atoms with E-state index < -0.39 is 0 Å². The number of para-hydroxylation sites is 1. The van der Waals surface area contributed by atoms with E-state index in [0.717, 1.165) is 5.39 Å².